The van der Waals surface area contributed by atoms with Gasteiger partial charge in [0.15, 0.2) is 0 Å². The summed E-state index contributed by atoms with van der Waals surface area (Å²) in [6, 6.07) is 12.4. The third-order valence-electron chi connectivity index (χ3n) is 2.93. The molecule has 2 aromatic carbocycles. The fourth-order valence-corrected chi connectivity index (χ4v) is 2.52. The third-order valence-corrected chi connectivity index (χ3v) is 3.75. The average molecular weight is 382 g/mol. The zero-order valence-electron chi connectivity index (χ0n) is 11.8. The number of halogens is 2. The average Bonchev–Trinajstić information content (AvgIpc) is 2.44. The molecule has 0 aliphatic heterocycles. The van der Waals surface area contributed by atoms with Crippen molar-refractivity contribution in [2.75, 3.05) is 10.6 Å². The van der Waals surface area contributed by atoms with Gasteiger partial charge < -0.3 is 10.6 Å². The number of carbonyl (C=O) groups is 2. The van der Waals surface area contributed by atoms with E-state index in [0.29, 0.717) is 16.4 Å². The van der Waals surface area contributed by atoms with E-state index in [4.69, 9.17) is 11.6 Å². The molecule has 0 radical (unpaired) electrons. The largest absolute Gasteiger partial charge is 0.325 e. The summed E-state index contributed by atoms with van der Waals surface area (Å²) in [7, 11) is 0. The van der Waals surface area contributed by atoms with Gasteiger partial charge >= 0.3 is 0 Å². The fraction of sp³-hybridized carbons (Fsp3) is 0.125. The van der Waals surface area contributed by atoms with Crippen LogP contribution in [0.3, 0.4) is 0 Å². The van der Waals surface area contributed by atoms with E-state index >= 15 is 0 Å². The molecule has 2 aromatic rings. The second-order valence-electron chi connectivity index (χ2n) is 4.71. The number of hydrogen-bond acceptors (Lipinski definition) is 2. The lowest BCUT2D eigenvalue weighted by Crippen LogP contribution is -2.21. The van der Waals surface area contributed by atoms with Gasteiger partial charge in [0.25, 0.3) is 0 Å². The van der Waals surface area contributed by atoms with Crippen LogP contribution in [0.4, 0.5) is 11.4 Å². The van der Waals surface area contributed by atoms with Crippen molar-refractivity contribution in [3.63, 3.8) is 0 Å². The number of carbonyl (C=O) groups excluding carboxylic acids is 2. The molecule has 0 aliphatic rings. The molecule has 0 atom stereocenters. The molecule has 6 heteroatoms. The highest BCUT2D eigenvalue weighted by Crippen LogP contribution is 2.21. The molecule has 0 aromatic heterocycles. The number of aryl methyl sites for hydroxylation is 1. The van der Waals surface area contributed by atoms with Crippen LogP contribution in [0.2, 0.25) is 5.02 Å². The Bertz CT molecular complexity index is 719. The molecule has 2 amide bonds. The first-order valence-electron chi connectivity index (χ1n) is 6.56. The molecule has 0 spiro atoms. The van der Waals surface area contributed by atoms with Crippen molar-refractivity contribution < 1.29 is 9.59 Å². The quantitative estimate of drug-likeness (QED) is 0.772. The van der Waals surface area contributed by atoms with E-state index in [1.54, 1.807) is 30.3 Å². The predicted octanol–water partition coefficient (Wildman–Crippen LogP) is 4.38. The molecule has 4 nitrogen and oxygen atoms in total. The number of amides is 2. The van der Waals surface area contributed by atoms with Crippen molar-refractivity contribution in [3.8, 4) is 0 Å². The molecule has 0 saturated heterocycles. The van der Waals surface area contributed by atoms with E-state index in [1.165, 1.54) is 0 Å². The summed E-state index contributed by atoms with van der Waals surface area (Å²) >= 11 is 9.31. The summed E-state index contributed by atoms with van der Waals surface area (Å²) < 4.78 is 0.930. The Labute approximate surface area is 142 Å². The smallest absolute Gasteiger partial charge is 0.233 e. The number of anilines is 2. The van der Waals surface area contributed by atoms with Crippen molar-refractivity contribution in [2.45, 2.75) is 13.3 Å². The number of para-hydroxylation sites is 1. The minimum absolute atomic E-state index is 0.277. The topological polar surface area (TPSA) is 58.2 Å². The Morgan fingerprint density at radius 3 is 2.32 bits per heavy atom. The van der Waals surface area contributed by atoms with Crippen LogP contribution in [0.1, 0.15) is 12.0 Å². The molecular formula is C16H14BrClN2O2. The summed E-state index contributed by atoms with van der Waals surface area (Å²) in [5.74, 6) is -0.796. The van der Waals surface area contributed by atoms with Crippen LogP contribution in [0.15, 0.2) is 46.9 Å². The van der Waals surface area contributed by atoms with Gasteiger partial charge in [-0.3, -0.25) is 9.59 Å². The standard InChI is InChI=1S/C16H14BrClN2O2/c1-10-8-11(17)6-7-13(10)19-15(21)9-16(22)20-14-5-3-2-4-12(14)18/h2-8H,9H2,1H3,(H,19,21)(H,20,22). The lowest BCUT2D eigenvalue weighted by Gasteiger charge is -2.09. The third kappa shape index (κ3) is 4.58. The first-order valence-corrected chi connectivity index (χ1v) is 7.73. The van der Waals surface area contributed by atoms with E-state index in [1.807, 2.05) is 19.1 Å². The Morgan fingerprint density at radius 2 is 1.68 bits per heavy atom. The van der Waals surface area contributed by atoms with Crippen LogP contribution in [-0.4, -0.2) is 11.8 Å². The Kier molecular flexibility index (Phi) is 5.57. The number of benzene rings is 2. The highest BCUT2D eigenvalue weighted by Gasteiger charge is 2.12. The maximum absolute atomic E-state index is 11.9. The van der Waals surface area contributed by atoms with E-state index < -0.39 is 5.91 Å². The van der Waals surface area contributed by atoms with Crippen molar-refractivity contribution in [3.05, 3.63) is 57.5 Å². The highest BCUT2D eigenvalue weighted by molar-refractivity contribution is 9.10. The van der Waals surface area contributed by atoms with E-state index in [-0.39, 0.29) is 12.3 Å². The van der Waals surface area contributed by atoms with Gasteiger partial charge in [0.05, 0.1) is 10.7 Å². The normalized spacial score (nSPS) is 10.1. The summed E-state index contributed by atoms with van der Waals surface area (Å²) in [6.07, 6.45) is -0.277. The molecule has 0 saturated carbocycles. The molecule has 0 aliphatic carbocycles. The zero-order chi connectivity index (χ0) is 16.1. The van der Waals surface area contributed by atoms with E-state index in [9.17, 15) is 9.59 Å². The number of nitrogens with one attached hydrogen (secondary N) is 2. The van der Waals surface area contributed by atoms with Crippen LogP contribution < -0.4 is 10.6 Å². The molecule has 0 bridgehead atoms. The summed E-state index contributed by atoms with van der Waals surface area (Å²) in [6.45, 7) is 1.88. The first kappa shape index (κ1) is 16.5. The maximum atomic E-state index is 11.9. The van der Waals surface area contributed by atoms with Gasteiger partial charge in [0.1, 0.15) is 6.42 Å². The van der Waals surface area contributed by atoms with Gasteiger partial charge in [0, 0.05) is 10.2 Å². The van der Waals surface area contributed by atoms with E-state index in [0.717, 1.165) is 10.0 Å². The molecule has 0 heterocycles. The van der Waals surface area contributed by atoms with Gasteiger partial charge in [-0.15, -0.1) is 0 Å². The van der Waals surface area contributed by atoms with Crippen molar-refractivity contribution in [1.82, 2.24) is 0 Å². The monoisotopic (exact) mass is 380 g/mol. The van der Waals surface area contributed by atoms with Gasteiger partial charge in [-0.1, -0.05) is 39.7 Å². The number of hydrogen-bond donors (Lipinski definition) is 2. The lowest BCUT2D eigenvalue weighted by atomic mass is 10.2. The summed E-state index contributed by atoms with van der Waals surface area (Å²) in [5, 5.41) is 5.76. The van der Waals surface area contributed by atoms with Crippen LogP contribution in [-0.2, 0) is 9.59 Å². The highest BCUT2D eigenvalue weighted by atomic mass is 79.9. The Hall–Kier alpha value is -1.85. The molecule has 0 fully saturated rings. The van der Waals surface area contributed by atoms with E-state index in [2.05, 4.69) is 26.6 Å². The van der Waals surface area contributed by atoms with Crippen LogP contribution >= 0.6 is 27.5 Å². The SMILES string of the molecule is Cc1cc(Br)ccc1NC(=O)CC(=O)Nc1ccccc1Cl. The molecule has 22 heavy (non-hydrogen) atoms. The van der Waals surface area contributed by atoms with Crippen LogP contribution in [0, 0.1) is 6.92 Å². The summed E-state index contributed by atoms with van der Waals surface area (Å²) in [5.41, 5.74) is 2.08. The Morgan fingerprint density at radius 1 is 1.05 bits per heavy atom. The van der Waals surface area contributed by atoms with Gasteiger partial charge in [-0.25, -0.2) is 0 Å². The molecule has 2 N–H and O–H groups in total. The molecule has 0 unspecified atom stereocenters. The van der Waals surface area contributed by atoms with Gasteiger partial charge in [0.2, 0.25) is 11.8 Å². The Balaban J connectivity index is 1.94. The maximum Gasteiger partial charge on any atom is 0.233 e. The van der Waals surface area contributed by atoms with Crippen molar-refractivity contribution in [1.29, 1.82) is 0 Å². The predicted molar refractivity (Wildman–Crippen MR) is 92.2 cm³/mol. The fourth-order valence-electron chi connectivity index (χ4n) is 1.86. The minimum atomic E-state index is -0.416. The minimum Gasteiger partial charge on any atom is -0.325 e. The van der Waals surface area contributed by atoms with Crippen LogP contribution in [0.25, 0.3) is 0 Å². The number of rotatable bonds is 4. The zero-order valence-corrected chi connectivity index (χ0v) is 14.2. The van der Waals surface area contributed by atoms with Crippen LogP contribution in [0.5, 0.6) is 0 Å². The second-order valence-corrected chi connectivity index (χ2v) is 6.04. The molecule has 2 rings (SSSR count). The van der Waals surface area contributed by atoms with Gasteiger partial charge in [-0.05, 0) is 42.8 Å². The second kappa shape index (κ2) is 7.42. The van der Waals surface area contributed by atoms with Crippen molar-refractivity contribution in [2.24, 2.45) is 0 Å². The first-order chi connectivity index (χ1) is 10.5. The summed E-state index contributed by atoms with van der Waals surface area (Å²) in [4.78, 5) is 23.8. The lowest BCUT2D eigenvalue weighted by molar-refractivity contribution is -0.123. The molecule has 114 valence electrons. The molecular weight excluding hydrogens is 368 g/mol. The van der Waals surface area contributed by atoms with Gasteiger partial charge in [-0.2, -0.15) is 0 Å². The van der Waals surface area contributed by atoms with Crippen molar-refractivity contribution >= 4 is 50.7 Å².